The van der Waals surface area contributed by atoms with Crippen molar-refractivity contribution in [1.82, 2.24) is 4.90 Å². The van der Waals surface area contributed by atoms with Crippen LogP contribution >= 0.6 is 0 Å². The summed E-state index contributed by atoms with van der Waals surface area (Å²) >= 11 is 0. The number of benzene rings is 4. The first-order chi connectivity index (χ1) is 16.7. The average Bonchev–Trinajstić information content (AvgIpc) is 3.32. The lowest BCUT2D eigenvalue weighted by Gasteiger charge is -2.26. The number of fused-ring (bicyclic) bond motifs is 2. The van der Waals surface area contributed by atoms with E-state index in [-0.39, 0.29) is 12.6 Å². The van der Waals surface area contributed by atoms with E-state index in [9.17, 15) is 4.79 Å². The Balaban J connectivity index is 1.36. The summed E-state index contributed by atoms with van der Waals surface area (Å²) in [6.45, 7) is 1.35. The SMILES string of the molecule is CN(CC(COc1ccccc1)OC(=O)c1cccc2ccccc12)C1=NCc2ccccc21. The van der Waals surface area contributed by atoms with Crippen LogP contribution in [0, 0.1) is 0 Å². The fourth-order valence-corrected chi connectivity index (χ4v) is 4.29. The smallest absolute Gasteiger partial charge is 0.339 e. The van der Waals surface area contributed by atoms with Crippen molar-refractivity contribution in [2.75, 3.05) is 20.2 Å². The van der Waals surface area contributed by atoms with E-state index in [0.29, 0.717) is 18.7 Å². The number of carbonyl (C=O) groups excluding carboxylic acids is 1. The third-order valence-corrected chi connectivity index (χ3v) is 5.96. The van der Waals surface area contributed by atoms with E-state index in [1.54, 1.807) is 6.07 Å². The lowest BCUT2D eigenvalue weighted by Crippen LogP contribution is -2.39. The highest BCUT2D eigenvalue weighted by Crippen LogP contribution is 2.22. The van der Waals surface area contributed by atoms with Crippen molar-refractivity contribution >= 4 is 22.6 Å². The van der Waals surface area contributed by atoms with E-state index in [1.807, 2.05) is 90.8 Å². The summed E-state index contributed by atoms with van der Waals surface area (Å²) in [5.74, 6) is 1.28. The molecule has 0 aromatic heterocycles. The highest BCUT2D eigenvalue weighted by molar-refractivity contribution is 6.04. The second-order valence-corrected chi connectivity index (χ2v) is 8.36. The first-order valence-corrected chi connectivity index (χ1v) is 11.4. The van der Waals surface area contributed by atoms with Crippen LogP contribution in [0.25, 0.3) is 10.8 Å². The molecule has 5 rings (SSSR count). The number of rotatable bonds is 7. The molecule has 1 aliphatic rings. The Labute approximate surface area is 199 Å². The van der Waals surface area contributed by atoms with Gasteiger partial charge in [-0.05, 0) is 34.5 Å². The topological polar surface area (TPSA) is 51.1 Å². The molecule has 0 saturated heterocycles. The van der Waals surface area contributed by atoms with E-state index < -0.39 is 6.10 Å². The summed E-state index contributed by atoms with van der Waals surface area (Å²) in [7, 11) is 1.97. The Morgan fingerprint density at radius 2 is 1.65 bits per heavy atom. The van der Waals surface area contributed by atoms with Gasteiger partial charge in [0.2, 0.25) is 0 Å². The molecule has 1 atom stereocenters. The number of ether oxygens (including phenoxy) is 2. The molecule has 0 aliphatic carbocycles. The minimum atomic E-state index is -0.493. The summed E-state index contributed by atoms with van der Waals surface area (Å²) in [4.78, 5) is 20.0. The van der Waals surface area contributed by atoms with Crippen LogP contribution in [0.15, 0.2) is 102 Å². The lowest BCUT2D eigenvalue weighted by atomic mass is 10.0. The van der Waals surface area contributed by atoms with Crippen LogP contribution in [0.3, 0.4) is 0 Å². The second-order valence-electron chi connectivity index (χ2n) is 8.36. The first-order valence-electron chi connectivity index (χ1n) is 11.4. The number of likely N-dealkylation sites (N-methyl/N-ethyl adjacent to an activating group) is 1. The molecule has 0 N–H and O–H groups in total. The van der Waals surface area contributed by atoms with Crippen LogP contribution in [0.5, 0.6) is 5.75 Å². The third kappa shape index (κ3) is 4.64. The van der Waals surface area contributed by atoms with E-state index in [1.165, 1.54) is 5.56 Å². The van der Waals surface area contributed by atoms with Crippen LogP contribution in [0.1, 0.15) is 21.5 Å². The Bertz CT molecular complexity index is 1330. The Morgan fingerprint density at radius 3 is 2.53 bits per heavy atom. The molecule has 0 radical (unpaired) electrons. The molecule has 4 aromatic rings. The van der Waals surface area contributed by atoms with Gasteiger partial charge in [-0.25, -0.2) is 4.79 Å². The molecule has 0 saturated carbocycles. The van der Waals surface area contributed by atoms with Crippen molar-refractivity contribution in [2.24, 2.45) is 4.99 Å². The number of amidine groups is 1. The molecule has 0 bridgehead atoms. The van der Waals surface area contributed by atoms with Crippen LogP contribution in [0.4, 0.5) is 0 Å². The van der Waals surface area contributed by atoms with E-state index in [4.69, 9.17) is 14.5 Å². The zero-order chi connectivity index (χ0) is 23.3. The summed E-state index contributed by atoms with van der Waals surface area (Å²) < 4.78 is 12.0. The maximum Gasteiger partial charge on any atom is 0.339 e. The zero-order valence-electron chi connectivity index (χ0n) is 19.1. The Kier molecular flexibility index (Phi) is 6.25. The number of para-hydroxylation sites is 1. The number of nitrogens with zero attached hydrogens (tertiary/aromatic N) is 2. The number of carbonyl (C=O) groups is 1. The molecular weight excluding hydrogens is 424 g/mol. The molecule has 0 fully saturated rings. The van der Waals surface area contributed by atoms with Crippen molar-refractivity contribution in [1.29, 1.82) is 0 Å². The van der Waals surface area contributed by atoms with Gasteiger partial charge in [-0.2, -0.15) is 0 Å². The molecular formula is C29H26N2O3. The largest absolute Gasteiger partial charge is 0.490 e. The molecule has 34 heavy (non-hydrogen) atoms. The number of hydrogen-bond acceptors (Lipinski definition) is 5. The molecule has 0 amide bonds. The molecule has 5 nitrogen and oxygen atoms in total. The maximum atomic E-state index is 13.3. The average molecular weight is 451 g/mol. The summed E-state index contributed by atoms with van der Waals surface area (Å²) in [5.41, 5.74) is 2.87. The van der Waals surface area contributed by atoms with Crippen molar-refractivity contribution in [2.45, 2.75) is 12.6 Å². The van der Waals surface area contributed by atoms with Crippen LogP contribution in [-0.4, -0.2) is 43.0 Å². The van der Waals surface area contributed by atoms with Crippen molar-refractivity contribution < 1.29 is 14.3 Å². The predicted octanol–water partition coefficient (Wildman–Crippen LogP) is 5.34. The Morgan fingerprint density at radius 1 is 0.912 bits per heavy atom. The third-order valence-electron chi connectivity index (χ3n) is 5.96. The van der Waals surface area contributed by atoms with E-state index in [2.05, 4.69) is 12.1 Å². The minimum Gasteiger partial charge on any atom is -0.490 e. The molecule has 1 unspecified atom stereocenters. The fourth-order valence-electron chi connectivity index (χ4n) is 4.29. The monoisotopic (exact) mass is 450 g/mol. The fraction of sp³-hybridized carbons (Fsp3) is 0.172. The molecule has 0 spiro atoms. The predicted molar refractivity (Wildman–Crippen MR) is 134 cm³/mol. The normalized spacial score (nSPS) is 13.1. The number of aliphatic imine (C=N–C) groups is 1. The molecule has 5 heteroatoms. The van der Waals surface area contributed by atoms with Gasteiger partial charge < -0.3 is 14.4 Å². The van der Waals surface area contributed by atoms with Crippen molar-refractivity contribution in [3.05, 3.63) is 114 Å². The maximum absolute atomic E-state index is 13.3. The van der Waals surface area contributed by atoms with E-state index >= 15 is 0 Å². The summed E-state index contributed by atoms with van der Waals surface area (Å²) in [6, 6.07) is 31.3. The van der Waals surface area contributed by atoms with Crippen LogP contribution in [-0.2, 0) is 11.3 Å². The second kappa shape index (κ2) is 9.79. The van der Waals surface area contributed by atoms with Gasteiger partial charge in [0.1, 0.15) is 18.2 Å². The molecule has 4 aromatic carbocycles. The quantitative estimate of drug-likeness (QED) is 0.357. The number of esters is 1. The van der Waals surface area contributed by atoms with Gasteiger partial charge in [0, 0.05) is 12.6 Å². The van der Waals surface area contributed by atoms with Crippen LogP contribution in [0.2, 0.25) is 0 Å². The van der Waals surface area contributed by atoms with Gasteiger partial charge in [-0.1, -0.05) is 78.9 Å². The van der Waals surface area contributed by atoms with Gasteiger partial charge in [0.25, 0.3) is 0 Å². The highest BCUT2D eigenvalue weighted by Gasteiger charge is 2.25. The first kappa shape index (κ1) is 21.7. The van der Waals surface area contributed by atoms with Gasteiger partial charge >= 0.3 is 5.97 Å². The molecule has 1 aliphatic heterocycles. The zero-order valence-corrected chi connectivity index (χ0v) is 19.1. The van der Waals surface area contributed by atoms with Gasteiger partial charge in [0.05, 0.1) is 18.7 Å². The van der Waals surface area contributed by atoms with Crippen molar-refractivity contribution in [3.8, 4) is 5.75 Å². The standard InChI is InChI=1S/C29H26N2O3/c1-31(28-26-16-8-6-11-22(26)18-30-28)19-24(20-33-23-13-3-2-4-14-23)34-29(32)27-17-9-12-21-10-5-7-15-25(21)27/h2-17,24H,18-20H2,1H3. The summed E-state index contributed by atoms with van der Waals surface area (Å²) in [6.07, 6.45) is -0.493. The van der Waals surface area contributed by atoms with Gasteiger partial charge in [-0.3, -0.25) is 4.99 Å². The van der Waals surface area contributed by atoms with Crippen LogP contribution < -0.4 is 4.74 Å². The van der Waals surface area contributed by atoms with E-state index in [0.717, 1.165) is 27.9 Å². The summed E-state index contributed by atoms with van der Waals surface area (Å²) in [5, 5.41) is 1.88. The lowest BCUT2D eigenvalue weighted by molar-refractivity contribution is 0.0132. The minimum absolute atomic E-state index is 0.236. The number of hydrogen-bond donors (Lipinski definition) is 0. The molecule has 170 valence electrons. The van der Waals surface area contributed by atoms with Gasteiger partial charge in [-0.15, -0.1) is 0 Å². The molecule has 1 heterocycles. The Hall–Kier alpha value is -4.12. The van der Waals surface area contributed by atoms with Crippen molar-refractivity contribution in [3.63, 3.8) is 0 Å². The van der Waals surface area contributed by atoms with Gasteiger partial charge in [0.15, 0.2) is 6.10 Å². The highest BCUT2D eigenvalue weighted by atomic mass is 16.6.